The molecule has 1 aliphatic rings. The van der Waals surface area contributed by atoms with Crippen molar-refractivity contribution in [2.75, 3.05) is 38.2 Å². The lowest BCUT2D eigenvalue weighted by Crippen LogP contribution is -2.46. The fourth-order valence-corrected chi connectivity index (χ4v) is 6.56. The maximum atomic E-state index is 13.8. The molecule has 0 bridgehead atoms. The number of methoxy groups -OCH3 is 1. The summed E-state index contributed by atoms with van der Waals surface area (Å²) in [7, 11) is -2.21. The third-order valence-corrected chi connectivity index (χ3v) is 8.92. The first-order chi connectivity index (χ1) is 19.0. The number of rotatable bonds is 7. The van der Waals surface area contributed by atoms with Gasteiger partial charge in [0, 0.05) is 44.2 Å². The molecular formula is C31H31ClN4O3S. The minimum atomic E-state index is -3.86. The van der Waals surface area contributed by atoms with Crippen molar-refractivity contribution in [3.8, 4) is 11.4 Å². The van der Waals surface area contributed by atoms with Crippen LogP contribution >= 0.6 is 12.4 Å². The summed E-state index contributed by atoms with van der Waals surface area (Å²) < 4.78 is 35.2. The zero-order chi connectivity index (χ0) is 26.8. The molecule has 1 aromatic heterocycles. The smallest absolute Gasteiger partial charge is 0.226 e. The van der Waals surface area contributed by atoms with Gasteiger partial charge in [-0.15, -0.1) is 12.4 Å². The van der Waals surface area contributed by atoms with E-state index in [1.165, 1.54) is 5.56 Å². The number of hydrogen-bond acceptors (Lipinski definition) is 6. The monoisotopic (exact) mass is 574 g/mol. The summed E-state index contributed by atoms with van der Waals surface area (Å²) in [5, 5.41) is 5.29. The molecule has 206 valence electrons. The molecule has 6 rings (SSSR count). The molecule has 0 spiro atoms. The van der Waals surface area contributed by atoms with Crippen molar-refractivity contribution in [2.45, 2.75) is 16.5 Å². The van der Waals surface area contributed by atoms with E-state index in [0.29, 0.717) is 16.7 Å². The Morgan fingerprint density at radius 2 is 1.40 bits per heavy atom. The van der Waals surface area contributed by atoms with E-state index < -0.39 is 9.84 Å². The van der Waals surface area contributed by atoms with Crippen LogP contribution in [0.3, 0.4) is 0 Å². The number of para-hydroxylation sites is 1. The van der Waals surface area contributed by atoms with E-state index in [1.54, 1.807) is 42.1 Å². The lowest BCUT2D eigenvalue weighted by molar-refractivity contribution is 0.249. The number of piperazine rings is 1. The zero-order valence-corrected chi connectivity index (χ0v) is 23.8. The molecule has 0 amide bonds. The molecule has 1 aliphatic heterocycles. The lowest BCUT2D eigenvalue weighted by atomic mass is 10.1. The van der Waals surface area contributed by atoms with Gasteiger partial charge in [0.25, 0.3) is 0 Å². The van der Waals surface area contributed by atoms with Gasteiger partial charge in [-0.25, -0.2) is 13.1 Å². The predicted molar refractivity (Wildman–Crippen MR) is 161 cm³/mol. The van der Waals surface area contributed by atoms with Crippen LogP contribution < -0.4 is 9.64 Å². The molecule has 4 aromatic carbocycles. The largest absolute Gasteiger partial charge is 0.495 e. The van der Waals surface area contributed by atoms with Gasteiger partial charge in [-0.1, -0.05) is 66.7 Å². The summed E-state index contributed by atoms with van der Waals surface area (Å²) in [6, 6.07) is 32.4. The van der Waals surface area contributed by atoms with Crippen LogP contribution in [0.1, 0.15) is 5.56 Å². The molecule has 0 radical (unpaired) electrons. The minimum Gasteiger partial charge on any atom is -0.495 e. The van der Waals surface area contributed by atoms with Crippen LogP contribution in [0.4, 0.5) is 5.69 Å². The van der Waals surface area contributed by atoms with E-state index in [0.717, 1.165) is 44.1 Å². The highest BCUT2D eigenvalue weighted by Crippen LogP contribution is 2.38. The van der Waals surface area contributed by atoms with Crippen LogP contribution in [0.5, 0.6) is 5.75 Å². The summed E-state index contributed by atoms with van der Waals surface area (Å²) in [4.78, 5) is 4.94. The number of anilines is 1. The first kappa shape index (κ1) is 27.7. The standard InChI is InChI=1S/C31H30N4O3S.ClH/c1-38-30-22-28-27(21-29(30)34-19-17-33(18-20-34)23-24-11-5-2-6-12-24)31(32-35(28)25-13-7-3-8-14-25)39(36,37)26-15-9-4-10-16-26;/h2-16,21-22H,17-20,23H2,1H3;1H. The van der Waals surface area contributed by atoms with Crippen molar-refractivity contribution in [2.24, 2.45) is 0 Å². The van der Waals surface area contributed by atoms with Crippen molar-refractivity contribution >= 4 is 38.8 Å². The van der Waals surface area contributed by atoms with Crippen LogP contribution in [0.2, 0.25) is 0 Å². The molecule has 0 aliphatic carbocycles. The molecule has 0 N–H and O–H groups in total. The highest BCUT2D eigenvalue weighted by Gasteiger charge is 2.29. The Hall–Kier alpha value is -3.85. The molecule has 40 heavy (non-hydrogen) atoms. The third-order valence-electron chi connectivity index (χ3n) is 7.22. The molecule has 0 saturated carbocycles. The highest BCUT2D eigenvalue weighted by atomic mass is 35.5. The molecule has 1 fully saturated rings. The Balaban J connectivity index is 0.00000323. The van der Waals surface area contributed by atoms with Gasteiger partial charge in [-0.3, -0.25) is 4.90 Å². The Labute approximate surface area is 240 Å². The first-order valence-electron chi connectivity index (χ1n) is 13.0. The Kier molecular flexibility index (Phi) is 8.12. The fourth-order valence-electron chi connectivity index (χ4n) is 5.18. The lowest BCUT2D eigenvalue weighted by Gasteiger charge is -2.36. The number of aromatic nitrogens is 2. The van der Waals surface area contributed by atoms with Gasteiger partial charge in [0.05, 0.1) is 28.9 Å². The van der Waals surface area contributed by atoms with Gasteiger partial charge in [0.1, 0.15) is 5.75 Å². The van der Waals surface area contributed by atoms with E-state index in [1.807, 2.05) is 48.5 Å². The summed E-state index contributed by atoms with van der Waals surface area (Å²) in [5.41, 5.74) is 3.64. The summed E-state index contributed by atoms with van der Waals surface area (Å²) in [6.45, 7) is 4.32. The number of hydrogen-bond donors (Lipinski definition) is 0. The van der Waals surface area contributed by atoms with Gasteiger partial charge in [-0.05, 0) is 35.9 Å². The van der Waals surface area contributed by atoms with E-state index in [-0.39, 0.29) is 22.3 Å². The molecule has 2 heterocycles. The minimum absolute atomic E-state index is 0. The average molecular weight is 575 g/mol. The van der Waals surface area contributed by atoms with Crippen LogP contribution in [-0.2, 0) is 16.4 Å². The van der Waals surface area contributed by atoms with E-state index in [2.05, 4.69) is 39.2 Å². The summed E-state index contributed by atoms with van der Waals surface area (Å²) in [6.07, 6.45) is 0. The van der Waals surface area contributed by atoms with Crippen LogP contribution in [-0.4, -0.2) is 56.4 Å². The third kappa shape index (κ3) is 5.30. The quantitative estimate of drug-likeness (QED) is 0.252. The highest BCUT2D eigenvalue weighted by molar-refractivity contribution is 7.91. The fraction of sp³-hybridized carbons (Fsp3) is 0.194. The van der Waals surface area contributed by atoms with Crippen molar-refractivity contribution in [3.05, 3.63) is 109 Å². The van der Waals surface area contributed by atoms with Crippen molar-refractivity contribution in [1.82, 2.24) is 14.7 Å². The van der Waals surface area contributed by atoms with Crippen LogP contribution in [0.25, 0.3) is 16.6 Å². The summed E-state index contributed by atoms with van der Waals surface area (Å²) >= 11 is 0. The van der Waals surface area contributed by atoms with E-state index in [4.69, 9.17) is 4.74 Å². The topological polar surface area (TPSA) is 67.7 Å². The maximum absolute atomic E-state index is 13.8. The average Bonchev–Trinajstić information content (AvgIpc) is 3.38. The molecule has 1 saturated heterocycles. The second kappa shape index (κ2) is 11.7. The molecule has 0 unspecified atom stereocenters. The second-order valence-electron chi connectivity index (χ2n) is 9.66. The predicted octanol–water partition coefficient (Wildman–Crippen LogP) is 5.61. The summed E-state index contributed by atoms with van der Waals surface area (Å²) in [5.74, 6) is 0.694. The Bertz CT molecular complexity index is 1690. The molecular weight excluding hydrogens is 544 g/mol. The number of benzene rings is 4. The van der Waals surface area contributed by atoms with E-state index >= 15 is 0 Å². The van der Waals surface area contributed by atoms with Crippen molar-refractivity contribution in [3.63, 3.8) is 0 Å². The van der Waals surface area contributed by atoms with Gasteiger partial charge in [0.2, 0.25) is 9.84 Å². The SMILES string of the molecule is COc1cc2c(cc1N1CCN(Cc3ccccc3)CC1)c(S(=O)(=O)c1ccccc1)nn2-c1ccccc1.Cl. The molecule has 9 heteroatoms. The number of ether oxygens (including phenoxy) is 1. The van der Waals surface area contributed by atoms with Gasteiger partial charge in [-0.2, -0.15) is 5.10 Å². The zero-order valence-electron chi connectivity index (χ0n) is 22.2. The normalized spacial score (nSPS) is 14.2. The van der Waals surface area contributed by atoms with Crippen LogP contribution in [0.15, 0.2) is 113 Å². The van der Waals surface area contributed by atoms with Gasteiger partial charge in [0.15, 0.2) is 5.03 Å². The number of fused-ring (bicyclic) bond motifs is 1. The first-order valence-corrected chi connectivity index (χ1v) is 14.5. The van der Waals surface area contributed by atoms with Gasteiger partial charge >= 0.3 is 0 Å². The van der Waals surface area contributed by atoms with Crippen molar-refractivity contribution < 1.29 is 13.2 Å². The van der Waals surface area contributed by atoms with Crippen LogP contribution in [0, 0.1) is 0 Å². The number of halogens is 1. The van der Waals surface area contributed by atoms with Gasteiger partial charge < -0.3 is 9.64 Å². The number of nitrogens with zero attached hydrogens (tertiary/aromatic N) is 4. The van der Waals surface area contributed by atoms with Crippen molar-refractivity contribution in [1.29, 1.82) is 0 Å². The van der Waals surface area contributed by atoms with E-state index in [9.17, 15) is 8.42 Å². The molecule has 5 aromatic rings. The Morgan fingerprint density at radius 1 is 0.800 bits per heavy atom. The number of sulfone groups is 1. The Morgan fingerprint density at radius 3 is 2.02 bits per heavy atom. The molecule has 0 atom stereocenters. The second-order valence-corrected chi connectivity index (χ2v) is 11.5. The molecule has 7 nitrogen and oxygen atoms in total. The maximum Gasteiger partial charge on any atom is 0.226 e.